The summed E-state index contributed by atoms with van der Waals surface area (Å²) >= 11 is 0. The van der Waals surface area contributed by atoms with E-state index < -0.39 is 21.4 Å². The van der Waals surface area contributed by atoms with Gasteiger partial charge in [-0.3, -0.25) is 4.79 Å². The third-order valence-electron chi connectivity index (χ3n) is 4.42. The summed E-state index contributed by atoms with van der Waals surface area (Å²) in [5, 5.41) is 11.5. The van der Waals surface area contributed by atoms with E-state index >= 15 is 0 Å². The molecule has 4 rings (SSSR count). The van der Waals surface area contributed by atoms with Gasteiger partial charge in [0.05, 0.1) is 16.1 Å². The molecule has 2 aromatic carbocycles. The van der Waals surface area contributed by atoms with Crippen LogP contribution in [0.15, 0.2) is 83.8 Å². The van der Waals surface area contributed by atoms with Crippen molar-refractivity contribution >= 4 is 26.7 Å². The lowest BCUT2D eigenvalue weighted by Crippen LogP contribution is -2.29. The number of rotatable bonds is 3. The average molecular weight is 383 g/mol. The minimum Gasteiger partial charge on any atom is -0.376 e. The maximum absolute atomic E-state index is 13.9. The molecule has 1 N–H and O–H groups in total. The molecule has 136 valence electrons. The number of aliphatic hydroxyl groups is 1. The summed E-state index contributed by atoms with van der Waals surface area (Å²) in [5.41, 5.74) is -1.74. The van der Waals surface area contributed by atoms with Crippen molar-refractivity contribution in [3.63, 3.8) is 0 Å². The van der Waals surface area contributed by atoms with Gasteiger partial charge < -0.3 is 5.11 Å². The number of aromatic nitrogens is 1. The summed E-state index contributed by atoms with van der Waals surface area (Å²) < 4.78 is 41.4. The predicted octanol–water partition coefficient (Wildman–Crippen LogP) is 2.90. The van der Waals surface area contributed by atoms with E-state index in [1.54, 1.807) is 18.2 Å². The van der Waals surface area contributed by atoms with E-state index in [1.165, 1.54) is 42.5 Å². The zero-order chi connectivity index (χ0) is 19.2. The number of ketones is 1. The average Bonchev–Trinajstić information content (AvgIpc) is 3.05. The number of benzene rings is 2. The first kappa shape index (κ1) is 17.4. The summed E-state index contributed by atoms with van der Waals surface area (Å²) in [6, 6.07) is 12.9. The van der Waals surface area contributed by atoms with Crippen molar-refractivity contribution in [2.75, 3.05) is 0 Å². The highest BCUT2D eigenvalue weighted by Crippen LogP contribution is 2.35. The second kappa shape index (κ2) is 6.00. The van der Waals surface area contributed by atoms with Crippen LogP contribution in [-0.2, 0) is 20.4 Å². The van der Waals surface area contributed by atoms with Gasteiger partial charge in [-0.25, -0.2) is 16.8 Å². The topological polar surface area (TPSA) is 76.4 Å². The van der Waals surface area contributed by atoms with Crippen molar-refractivity contribution in [3.8, 4) is 0 Å². The van der Waals surface area contributed by atoms with Gasteiger partial charge in [0, 0.05) is 5.39 Å². The number of allylic oxidation sites excluding steroid dienone is 2. The standard InChI is InChI=1S/C20H14FNO4S/c21-15-7-6-14-12-19(20(24)10-8-16(23)9-11-20)22(18(14)13-15)27(25,26)17-4-2-1-3-5-17/h1-13,24H. The van der Waals surface area contributed by atoms with E-state index in [1.807, 2.05) is 0 Å². The van der Waals surface area contributed by atoms with E-state index in [9.17, 15) is 22.7 Å². The number of fused-ring (bicyclic) bond motifs is 1. The molecular formula is C20H14FNO4S. The van der Waals surface area contributed by atoms with E-state index in [-0.39, 0.29) is 21.9 Å². The van der Waals surface area contributed by atoms with Gasteiger partial charge in [-0.1, -0.05) is 18.2 Å². The second-order valence-electron chi connectivity index (χ2n) is 6.21. The highest BCUT2D eigenvalue weighted by Gasteiger charge is 2.34. The number of hydrogen-bond acceptors (Lipinski definition) is 4. The van der Waals surface area contributed by atoms with Crippen LogP contribution in [0, 0.1) is 5.82 Å². The van der Waals surface area contributed by atoms with Crippen molar-refractivity contribution in [1.29, 1.82) is 0 Å². The Bertz CT molecular complexity index is 1210. The number of nitrogens with zero attached hydrogens (tertiary/aromatic N) is 1. The number of halogens is 1. The van der Waals surface area contributed by atoms with Crippen LogP contribution in [-0.4, -0.2) is 23.3 Å². The molecule has 1 aliphatic carbocycles. The molecule has 0 bridgehead atoms. The van der Waals surface area contributed by atoms with Crippen LogP contribution >= 0.6 is 0 Å². The predicted molar refractivity (Wildman–Crippen MR) is 98.1 cm³/mol. The lowest BCUT2D eigenvalue weighted by Gasteiger charge is -2.24. The van der Waals surface area contributed by atoms with E-state index in [0.29, 0.717) is 5.39 Å². The minimum atomic E-state index is -4.13. The Balaban J connectivity index is 2.07. The third-order valence-corrected chi connectivity index (χ3v) is 6.16. The Labute approximate surface area is 154 Å². The summed E-state index contributed by atoms with van der Waals surface area (Å²) in [7, 11) is -4.13. The molecular weight excluding hydrogens is 369 g/mol. The monoisotopic (exact) mass is 383 g/mol. The van der Waals surface area contributed by atoms with Crippen LogP contribution in [0.1, 0.15) is 5.69 Å². The molecule has 0 amide bonds. The van der Waals surface area contributed by atoms with Gasteiger partial charge in [-0.2, -0.15) is 0 Å². The highest BCUT2D eigenvalue weighted by molar-refractivity contribution is 7.90. The first-order valence-electron chi connectivity index (χ1n) is 8.08. The van der Waals surface area contributed by atoms with Gasteiger partial charge in [-0.05, 0) is 60.7 Å². The molecule has 0 spiro atoms. The smallest absolute Gasteiger partial charge is 0.268 e. The van der Waals surface area contributed by atoms with E-state index in [0.717, 1.165) is 22.2 Å². The fourth-order valence-electron chi connectivity index (χ4n) is 3.09. The molecule has 3 aromatic rings. The fraction of sp³-hybridized carbons (Fsp3) is 0.0500. The van der Waals surface area contributed by atoms with Gasteiger partial charge in [0.1, 0.15) is 11.4 Å². The second-order valence-corrected chi connectivity index (χ2v) is 8.00. The minimum absolute atomic E-state index is 0.00328. The van der Waals surface area contributed by atoms with Crippen LogP contribution in [0.4, 0.5) is 4.39 Å². The highest BCUT2D eigenvalue weighted by atomic mass is 32.2. The van der Waals surface area contributed by atoms with Crippen LogP contribution in [0.5, 0.6) is 0 Å². The van der Waals surface area contributed by atoms with Crippen molar-refractivity contribution in [3.05, 3.63) is 90.4 Å². The Hall–Kier alpha value is -3.03. The Morgan fingerprint density at radius 3 is 2.30 bits per heavy atom. The fourth-order valence-corrected chi connectivity index (χ4v) is 4.67. The Morgan fingerprint density at radius 2 is 1.63 bits per heavy atom. The molecule has 0 fully saturated rings. The lowest BCUT2D eigenvalue weighted by atomic mass is 9.94. The largest absolute Gasteiger partial charge is 0.376 e. The number of hydrogen-bond donors (Lipinski definition) is 1. The molecule has 27 heavy (non-hydrogen) atoms. The first-order valence-corrected chi connectivity index (χ1v) is 9.52. The van der Waals surface area contributed by atoms with Gasteiger partial charge in [0.25, 0.3) is 10.0 Å². The van der Waals surface area contributed by atoms with Crippen molar-refractivity contribution < 1.29 is 22.7 Å². The molecule has 0 saturated carbocycles. The summed E-state index contributed by atoms with van der Waals surface area (Å²) in [6.45, 7) is 0. The number of carbonyl (C=O) groups is 1. The molecule has 0 unspecified atom stereocenters. The summed E-state index contributed by atoms with van der Waals surface area (Å²) in [5.74, 6) is -0.923. The normalized spacial score (nSPS) is 16.1. The van der Waals surface area contributed by atoms with E-state index in [2.05, 4.69) is 0 Å². The van der Waals surface area contributed by atoms with Crippen LogP contribution in [0.3, 0.4) is 0 Å². The maximum atomic E-state index is 13.9. The first-order chi connectivity index (χ1) is 12.8. The summed E-state index contributed by atoms with van der Waals surface area (Å²) in [6.07, 6.45) is 4.77. The van der Waals surface area contributed by atoms with E-state index in [4.69, 9.17) is 0 Å². The SMILES string of the molecule is O=C1C=CC(O)(c2cc3ccc(F)cc3n2S(=O)(=O)c2ccccc2)C=C1. The van der Waals surface area contributed by atoms with Crippen LogP contribution in [0.25, 0.3) is 10.9 Å². The molecule has 1 aromatic heterocycles. The number of carbonyl (C=O) groups excluding carboxylic acids is 1. The Morgan fingerprint density at radius 1 is 0.963 bits per heavy atom. The van der Waals surface area contributed by atoms with Crippen molar-refractivity contribution in [2.45, 2.75) is 10.5 Å². The molecule has 0 radical (unpaired) electrons. The molecule has 1 heterocycles. The van der Waals surface area contributed by atoms with Gasteiger partial charge in [-0.15, -0.1) is 0 Å². The molecule has 0 atom stereocenters. The van der Waals surface area contributed by atoms with Crippen LogP contribution in [0.2, 0.25) is 0 Å². The molecule has 1 aliphatic rings. The van der Waals surface area contributed by atoms with Crippen molar-refractivity contribution in [2.24, 2.45) is 0 Å². The molecule has 0 aliphatic heterocycles. The lowest BCUT2D eigenvalue weighted by molar-refractivity contribution is -0.110. The van der Waals surface area contributed by atoms with Crippen LogP contribution < -0.4 is 0 Å². The van der Waals surface area contributed by atoms with Gasteiger partial charge in [0.2, 0.25) is 0 Å². The zero-order valence-corrected chi connectivity index (χ0v) is 14.7. The maximum Gasteiger partial charge on any atom is 0.268 e. The zero-order valence-electron chi connectivity index (χ0n) is 13.9. The molecule has 7 heteroatoms. The Kier molecular flexibility index (Phi) is 3.87. The van der Waals surface area contributed by atoms with Gasteiger partial charge in [0.15, 0.2) is 5.78 Å². The van der Waals surface area contributed by atoms with Gasteiger partial charge >= 0.3 is 0 Å². The quantitative estimate of drug-likeness (QED) is 0.755. The van der Waals surface area contributed by atoms with Crippen molar-refractivity contribution in [1.82, 2.24) is 3.97 Å². The third kappa shape index (κ3) is 2.81. The molecule has 5 nitrogen and oxygen atoms in total. The molecule has 0 saturated heterocycles. The summed E-state index contributed by atoms with van der Waals surface area (Å²) in [4.78, 5) is 11.4.